The molecule has 0 aromatic carbocycles. The summed E-state index contributed by atoms with van der Waals surface area (Å²) in [5.74, 6) is 1.45. The lowest BCUT2D eigenvalue weighted by Crippen LogP contribution is -2.21. The van der Waals surface area contributed by atoms with Crippen molar-refractivity contribution in [3.63, 3.8) is 0 Å². The van der Waals surface area contributed by atoms with Gasteiger partial charge < -0.3 is 9.84 Å². The van der Waals surface area contributed by atoms with Gasteiger partial charge in [0.05, 0.1) is 6.54 Å². The Morgan fingerprint density at radius 1 is 1.38 bits per heavy atom. The van der Waals surface area contributed by atoms with E-state index in [-0.39, 0.29) is 12.5 Å². The number of aryl methyl sites for hydroxylation is 1. The van der Waals surface area contributed by atoms with Gasteiger partial charge in [-0.15, -0.1) is 21.5 Å². The fourth-order valence-electron chi connectivity index (χ4n) is 2.38. The van der Waals surface area contributed by atoms with Crippen LogP contribution in [0.1, 0.15) is 16.5 Å². The zero-order valence-electron chi connectivity index (χ0n) is 13.8. The Bertz CT molecular complexity index is 1080. The second kappa shape index (κ2) is 6.89. The lowest BCUT2D eigenvalue weighted by atomic mass is 10.2. The third-order valence-corrected chi connectivity index (χ3v) is 4.46. The second-order valence-corrected chi connectivity index (χ2v) is 6.45. The molecular weight excluding hydrogens is 352 g/mol. The molecule has 0 aliphatic carbocycles. The predicted molar refractivity (Wildman–Crippen MR) is 96.2 cm³/mol. The van der Waals surface area contributed by atoms with E-state index in [4.69, 9.17) is 4.52 Å². The smallest absolute Gasteiger partial charge is 0.258 e. The molecule has 0 spiro atoms. The molecule has 0 saturated heterocycles. The molecule has 0 radical (unpaired) electrons. The number of amides is 1. The number of thiophene rings is 1. The first kappa shape index (κ1) is 16.2. The summed E-state index contributed by atoms with van der Waals surface area (Å²) in [5, 5.41) is 16.8. The number of fused-ring (bicyclic) bond motifs is 1. The predicted octanol–water partition coefficient (Wildman–Crippen LogP) is 2.48. The average molecular weight is 366 g/mol. The highest BCUT2D eigenvalue weighted by Crippen LogP contribution is 2.18. The van der Waals surface area contributed by atoms with Gasteiger partial charge in [0, 0.05) is 22.7 Å². The maximum atomic E-state index is 11.9. The minimum absolute atomic E-state index is 0.187. The highest BCUT2D eigenvalue weighted by molar-refractivity contribution is 7.10. The minimum Gasteiger partial charge on any atom is -0.345 e. The van der Waals surface area contributed by atoms with Crippen molar-refractivity contribution in [2.24, 2.45) is 0 Å². The van der Waals surface area contributed by atoms with Crippen LogP contribution >= 0.6 is 11.3 Å². The third-order valence-electron chi connectivity index (χ3n) is 3.62. The first-order valence-corrected chi connectivity index (χ1v) is 8.71. The first-order valence-electron chi connectivity index (χ1n) is 7.83. The van der Waals surface area contributed by atoms with Gasteiger partial charge in [-0.1, -0.05) is 11.2 Å². The van der Waals surface area contributed by atoms with Crippen LogP contribution in [-0.2, 0) is 11.3 Å². The number of aromatic nitrogens is 5. The van der Waals surface area contributed by atoms with E-state index in [1.165, 1.54) is 6.08 Å². The number of nitrogens with one attached hydrogen (secondary N) is 1. The molecule has 1 amide bonds. The van der Waals surface area contributed by atoms with Crippen LogP contribution < -0.4 is 5.32 Å². The van der Waals surface area contributed by atoms with Crippen molar-refractivity contribution in [3.8, 4) is 11.5 Å². The quantitative estimate of drug-likeness (QED) is 0.545. The van der Waals surface area contributed by atoms with Crippen molar-refractivity contribution in [2.45, 2.75) is 13.5 Å². The van der Waals surface area contributed by atoms with Crippen LogP contribution in [0.15, 0.2) is 46.4 Å². The number of carbonyl (C=O) groups excluding carboxylic acids is 1. The second-order valence-electron chi connectivity index (χ2n) is 5.47. The van der Waals surface area contributed by atoms with Crippen molar-refractivity contribution in [3.05, 3.63) is 58.4 Å². The molecule has 0 bridgehead atoms. The molecule has 4 aromatic rings. The monoisotopic (exact) mass is 366 g/mol. The van der Waals surface area contributed by atoms with Crippen molar-refractivity contribution in [1.29, 1.82) is 0 Å². The Labute approximate surface area is 152 Å². The van der Waals surface area contributed by atoms with Crippen LogP contribution in [0.5, 0.6) is 0 Å². The topological polar surface area (TPSA) is 98.2 Å². The van der Waals surface area contributed by atoms with E-state index in [9.17, 15) is 4.79 Å². The molecule has 0 fully saturated rings. The molecule has 0 atom stereocenters. The summed E-state index contributed by atoms with van der Waals surface area (Å²) in [6.45, 7) is 2.03. The number of pyridine rings is 1. The van der Waals surface area contributed by atoms with Gasteiger partial charge in [-0.2, -0.15) is 4.98 Å². The molecule has 0 saturated carbocycles. The number of nitrogens with zero attached hydrogens (tertiary/aromatic N) is 5. The van der Waals surface area contributed by atoms with Crippen LogP contribution in [0.3, 0.4) is 0 Å². The van der Waals surface area contributed by atoms with Crippen LogP contribution in [-0.4, -0.2) is 30.6 Å². The van der Waals surface area contributed by atoms with Gasteiger partial charge in [-0.3, -0.25) is 9.20 Å². The van der Waals surface area contributed by atoms with Crippen LogP contribution in [0.2, 0.25) is 0 Å². The Balaban J connectivity index is 1.46. The van der Waals surface area contributed by atoms with E-state index in [0.717, 1.165) is 10.4 Å². The molecule has 0 aliphatic heterocycles. The van der Waals surface area contributed by atoms with Gasteiger partial charge in [-0.05, 0) is 36.6 Å². The van der Waals surface area contributed by atoms with Crippen LogP contribution in [0, 0.1) is 6.92 Å². The normalized spacial score (nSPS) is 11.4. The molecule has 0 unspecified atom stereocenters. The summed E-state index contributed by atoms with van der Waals surface area (Å²) in [4.78, 5) is 17.2. The number of rotatable bonds is 5. The largest absolute Gasteiger partial charge is 0.345 e. The fraction of sp³-hybridized carbons (Fsp3) is 0.118. The van der Waals surface area contributed by atoms with E-state index >= 15 is 0 Å². The number of carbonyl (C=O) groups is 1. The molecule has 4 aromatic heterocycles. The van der Waals surface area contributed by atoms with Crippen molar-refractivity contribution < 1.29 is 9.32 Å². The van der Waals surface area contributed by atoms with Gasteiger partial charge in [0.15, 0.2) is 17.3 Å². The minimum atomic E-state index is -0.187. The van der Waals surface area contributed by atoms with E-state index < -0.39 is 0 Å². The summed E-state index contributed by atoms with van der Waals surface area (Å²) in [5.41, 5.74) is 1.40. The Morgan fingerprint density at radius 2 is 2.31 bits per heavy atom. The van der Waals surface area contributed by atoms with Gasteiger partial charge in [0.1, 0.15) is 0 Å². The Kier molecular flexibility index (Phi) is 4.28. The van der Waals surface area contributed by atoms with Gasteiger partial charge >= 0.3 is 0 Å². The fourth-order valence-corrected chi connectivity index (χ4v) is 3.00. The van der Waals surface area contributed by atoms with Crippen molar-refractivity contribution in [2.75, 3.05) is 0 Å². The van der Waals surface area contributed by atoms with E-state index in [1.54, 1.807) is 28.7 Å². The molecule has 9 heteroatoms. The molecule has 4 rings (SSSR count). The summed E-state index contributed by atoms with van der Waals surface area (Å²) in [7, 11) is 0. The lowest BCUT2D eigenvalue weighted by molar-refractivity contribution is -0.116. The first-order chi connectivity index (χ1) is 12.7. The number of hydrogen-bond donors (Lipinski definition) is 1. The molecule has 26 heavy (non-hydrogen) atoms. The highest BCUT2D eigenvalue weighted by Gasteiger charge is 2.11. The van der Waals surface area contributed by atoms with Crippen molar-refractivity contribution in [1.82, 2.24) is 30.1 Å². The zero-order valence-corrected chi connectivity index (χ0v) is 14.6. The molecule has 0 aliphatic rings. The Morgan fingerprint density at radius 3 is 3.08 bits per heavy atom. The average Bonchev–Trinajstić information content (AvgIpc) is 3.38. The van der Waals surface area contributed by atoms with E-state index in [1.807, 2.05) is 35.8 Å². The standard InChI is InChI=1S/C17H14N6O2S/c1-11-19-17(25-22-11)12-6-7-23-14(9-12)20-21-15(23)10-18-16(24)5-4-13-3-2-8-26-13/h2-9H,10H2,1H3,(H,18,24). The molecule has 4 heterocycles. The Hall–Kier alpha value is -3.33. The molecule has 8 nitrogen and oxygen atoms in total. The summed E-state index contributed by atoms with van der Waals surface area (Å²) in [6.07, 6.45) is 5.10. The van der Waals surface area contributed by atoms with E-state index in [2.05, 4.69) is 25.7 Å². The maximum absolute atomic E-state index is 11.9. The van der Waals surface area contributed by atoms with Crippen LogP contribution in [0.4, 0.5) is 0 Å². The van der Waals surface area contributed by atoms with E-state index in [0.29, 0.717) is 23.2 Å². The zero-order chi connectivity index (χ0) is 17.9. The maximum Gasteiger partial charge on any atom is 0.258 e. The highest BCUT2D eigenvalue weighted by atomic mass is 32.1. The van der Waals surface area contributed by atoms with Gasteiger partial charge in [-0.25, -0.2) is 0 Å². The third kappa shape index (κ3) is 3.38. The number of hydrogen-bond acceptors (Lipinski definition) is 7. The van der Waals surface area contributed by atoms with Gasteiger partial charge in [0.2, 0.25) is 5.91 Å². The summed E-state index contributed by atoms with van der Waals surface area (Å²) in [6, 6.07) is 7.53. The van der Waals surface area contributed by atoms with Gasteiger partial charge in [0.25, 0.3) is 5.89 Å². The lowest BCUT2D eigenvalue weighted by Gasteiger charge is -2.02. The molecular formula is C17H14N6O2S. The SMILES string of the molecule is Cc1noc(-c2ccn3c(CNC(=O)C=Cc4cccs4)nnc3c2)n1. The summed E-state index contributed by atoms with van der Waals surface area (Å²) < 4.78 is 6.96. The van der Waals surface area contributed by atoms with Crippen LogP contribution in [0.25, 0.3) is 23.2 Å². The molecule has 1 N–H and O–H groups in total. The summed E-state index contributed by atoms with van der Waals surface area (Å²) >= 11 is 1.57. The molecule has 130 valence electrons. The van der Waals surface area contributed by atoms with Crippen molar-refractivity contribution >= 4 is 29.0 Å².